The van der Waals surface area contributed by atoms with Crippen LogP contribution in [0.25, 0.3) is 0 Å². The van der Waals surface area contributed by atoms with E-state index in [1.54, 1.807) is 10.7 Å². The predicted molar refractivity (Wildman–Crippen MR) is 102 cm³/mol. The van der Waals surface area contributed by atoms with Crippen molar-refractivity contribution in [2.75, 3.05) is 11.4 Å². The first kappa shape index (κ1) is 17.2. The number of nitrogens with zero attached hydrogens (tertiary/aromatic N) is 5. The Balaban J connectivity index is 1.54. The highest BCUT2D eigenvalue weighted by Crippen LogP contribution is 2.38. The maximum absolute atomic E-state index is 12.3. The van der Waals surface area contributed by atoms with Gasteiger partial charge < -0.3 is 4.90 Å². The van der Waals surface area contributed by atoms with E-state index in [-0.39, 0.29) is 17.0 Å². The molecule has 1 saturated heterocycles. The average molecular weight is 353 g/mol. The molecule has 6 nitrogen and oxygen atoms in total. The molecule has 2 aliphatic rings. The third-order valence-corrected chi connectivity index (χ3v) is 5.36. The zero-order chi connectivity index (χ0) is 18.3. The summed E-state index contributed by atoms with van der Waals surface area (Å²) in [6.45, 7) is 7.98. The molecule has 2 aromatic heterocycles. The fraction of sp³-hybridized carbons (Fsp3) is 0.600. The van der Waals surface area contributed by atoms with E-state index in [4.69, 9.17) is 0 Å². The number of aromatic nitrogens is 4. The second-order valence-corrected chi connectivity index (χ2v) is 8.57. The van der Waals surface area contributed by atoms with Gasteiger partial charge in [-0.1, -0.05) is 20.8 Å². The van der Waals surface area contributed by atoms with Crippen molar-refractivity contribution in [2.45, 2.75) is 70.4 Å². The first-order valence-corrected chi connectivity index (χ1v) is 9.61. The van der Waals surface area contributed by atoms with E-state index in [1.165, 1.54) is 12.8 Å². The monoisotopic (exact) mass is 353 g/mol. The van der Waals surface area contributed by atoms with Crippen molar-refractivity contribution < 1.29 is 0 Å². The lowest BCUT2D eigenvalue weighted by molar-refractivity contribution is 0.479. The molecule has 1 unspecified atom stereocenters. The summed E-state index contributed by atoms with van der Waals surface area (Å²) in [4.78, 5) is 14.5. The van der Waals surface area contributed by atoms with Crippen molar-refractivity contribution in [3.63, 3.8) is 0 Å². The summed E-state index contributed by atoms with van der Waals surface area (Å²) in [7, 11) is 0. The van der Waals surface area contributed by atoms with Crippen molar-refractivity contribution in [2.24, 2.45) is 0 Å². The number of hydrogen-bond acceptors (Lipinski definition) is 5. The van der Waals surface area contributed by atoms with Gasteiger partial charge in [-0.25, -0.2) is 4.68 Å². The van der Waals surface area contributed by atoms with E-state index in [0.29, 0.717) is 12.5 Å². The molecule has 138 valence electrons. The lowest BCUT2D eigenvalue weighted by Gasteiger charge is -2.26. The van der Waals surface area contributed by atoms with Gasteiger partial charge in [0.05, 0.1) is 24.0 Å². The van der Waals surface area contributed by atoms with Crippen molar-refractivity contribution >= 4 is 5.82 Å². The molecule has 4 rings (SSSR count). The van der Waals surface area contributed by atoms with Crippen LogP contribution in [-0.4, -0.2) is 32.6 Å². The van der Waals surface area contributed by atoms with Crippen LogP contribution in [0.4, 0.5) is 5.82 Å². The van der Waals surface area contributed by atoms with E-state index in [2.05, 4.69) is 53.1 Å². The van der Waals surface area contributed by atoms with Crippen LogP contribution in [0.3, 0.4) is 0 Å². The van der Waals surface area contributed by atoms with Gasteiger partial charge in [0.15, 0.2) is 5.82 Å². The van der Waals surface area contributed by atoms with Crippen LogP contribution in [0.1, 0.15) is 63.8 Å². The molecule has 1 aliphatic heterocycles. The van der Waals surface area contributed by atoms with Gasteiger partial charge in [0.2, 0.25) is 0 Å². The van der Waals surface area contributed by atoms with Crippen LogP contribution in [-0.2, 0) is 12.0 Å². The van der Waals surface area contributed by atoms with Gasteiger partial charge in [-0.2, -0.15) is 10.2 Å². The predicted octanol–water partition coefficient (Wildman–Crippen LogP) is 2.88. The van der Waals surface area contributed by atoms with E-state index in [9.17, 15) is 4.79 Å². The Morgan fingerprint density at radius 1 is 1.08 bits per heavy atom. The van der Waals surface area contributed by atoms with Gasteiger partial charge in [0, 0.05) is 23.9 Å². The molecule has 0 N–H and O–H groups in total. The fourth-order valence-electron chi connectivity index (χ4n) is 3.60. The molecule has 2 fully saturated rings. The van der Waals surface area contributed by atoms with Crippen molar-refractivity contribution in [3.8, 4) is 0 Å². The molecule has 3 heterocycles. The highest BCUT2D eigenvalue weighted by molar-refractivity contribution is 5.40. The first-order valence-electron chi connectivity index (χ1n) is 9.61. The van der Waals surface area contributed by atoms with Gasteiger partial charge in [-0.15, -0.1) is 5.10 Å². The highest BCUT2D eigenvalue weighted by atomic mass is 16.1. The lowest BCUT2D eigenvalue weighted by atomic mass is 9.92. The number of rotatable bonds is 4. The quantitative estimate of drug-likeness (QED) is 0.846. The maximum atomic E-state index is 12.3. The Kier molecular flexibility index (Phi) is 4.29. The third-order valence-electron chi connectivity index (χ3n) is 5.36. The molecular weight excluding hydrogens is 326 g/mol. The SMILES string of the molecule is CC(C)(C)c1ccc(N2CCCC2Cn2nc(C3CC3)ccc2=O)nn1. The Morgan fingerprint density at radius 2 is 1.88 bits per heavy atom. The summed E-state index contributed by atoms with van der Waals surface area (Å²) >= 11 is 0. The highest BCUT2D eigenvalue weighted by Gasteiger charge is 2.29. The minimum Gasteiger partial charge on any atom is -0.350 e. The summed E-state index contributed by atoms with van der Waals surface area (Å²) in [5.74, 6) is 1.45. The summed E-state index contributed by atoms with van der Waals surface area (Å²) in [5.41, 5.74) is 2.03. The molecule has 0 spiro atoms. The maximum Gasteiger partial charge on any atom is 0.266 e. The van der Waals surface area contributed by atoms with Gasteiger partial charge in [0.1, 0.15) is 0 Å². The second kappa shape index (κ2) is 6.49. The van der Waals surface area contributed by atoms with Crippen molar-refractivity contribution in [1.82, 2.24) is 20.0 Å². The van der Waals surface area contributed by atoms with Crippen LogP contribution < -0.4 is 10.5 Å². The molecule has 0 radical (unpaired) electrons. The fourth-order valence-corrected chi connectivity index (χ4v) is 3.60. The molecule has 0 bridgehead atoms. The average Bonchev–Trinajstić information content (AvgIpc) is 3.35. The van der Waals surface area contributed by atoms with Gasteiger partial charge in [-0.3, -0.25) is 4.79 Å². The largest absolute Gasteiger partial charge is 0.350 e. The Labute approximate surface area is 154 Å². The Bertz CT molecular complexity index is 833. The zero-order valence-electron chi connectivity index (χ0n) is 15.9. The van der Waals surface area contributed by atoms with E-state index < -0.39 is 0 Å². The summed E-state index contributed by atoms with van der Waals surface area (Å²) in [6, 6.07) is 7.92. The van der Waals surface area contributed by atoms with Crippen LogP contribution in [0, 0.1) is 0 Å². The molecule has 26 heavy (non-hydrogen) atoms. The van der Waals surface area contributed by atoms with Crippen molar-refractivity contribution in [1.29, 1.82) is 0 Å². The first-order chi connectivity index (χ1) is 12.4. The molecule has 6 heteroatoms. The number of anilines is 1. The topological polar surface area (TPSA) is 63.9 Å². The van der Waals surface area contributed by atoms with Gasteiger partial charge in [-0.05, 0) is 43.9 Å². The molecular formula is C20H27N5O. The van der Waals surface area contributed by atoms with Gasteiger partial charge in [0.25, 0.3) is 5.56 Å². The summed E-state index contributed by atoms with van der Waals surface area (Å²) in [5, 5.41) is 13.5. The standard InChI is InChI=1S/C20H27N5O/c1-20(2,3)17-9-10-18(22-21-17)24-12-4-5-15(24)13-25-19(26)11-8-16(23-25)14-6-7-14/h8-11,14-15H,4-7,12-13H2,1-3H3. The minimum absolute atomic E-state index is 0.00355. The van der Waals surface area contributed by atoms with Crippen molar-refractivity contribution in [3.05, 3.63) is 46.0 Å². The van der Waals surface area contributed by atoms with Crippen LogP contribution >= 0.6 is 0 Å². The molecule has 2 aromatic rings. The van der Waals surface area contributed by atoms with Gasteiger partial charge >= 0.3 is 0 Å². The van der Waals surface area contributed by atoms with Crippen LogP contribution in [0.15, 0.2) is 29.1 Å². The van der Waals surface area contributed by atoms with E-state index in [1.807, 2.05) is 6.07 Å². The number of hydrogen-bond donors (Lipinski definition) is 0. The second-order valence-electron chi connectivity index (χ2n) is 8.57. The van der Waals surface area contributed by atoms with Crippen LogP contribution in [0.2, 0.25) is 0 Å². The smallest absolute Gasteiger partial charge is 0.266 e. The Hall–Kier alpha value is -2.24. The van der Waals surface area contributed by atoms with Crippen LogP contribution in [0.5, 0.6) is 0 Å². The van der Waals surface area contributed by atoms with E-state index >= 15 is 0 Å². The normalized spacial score (nSPS) is 20.6. The summed E-state index contributed by atoms with van der Waals surface area (Å²) < 4.78 is 1.65. The molecule has 1 atom stereocenters. The third kappa shape index (κ3) is 3.50. The molecule has 1 saturated carbocycles. The molecule has 1 aliphatic carbocycles. The van der Waals surface area contributed by atoms with E-state index in [0.717, 1.165) is 36.6 Å². The lowest BCUT2D eigenvalue weighted by Crippen LogP contribution is -2.37. The molecule has 0 amide bonds. The minimum atomic E-state index is -0.0181. The summed E-state index contributed by atoms with van der Waals surface area (Å²) in [6.07, 6.45) is 4.53. The molecule has 0 aromatic carbocycles. The zero-order valence-corrected chi connectivity index (χ0v) is 15.9. The Morgan fingerprint density at radius 3 is 2.54 bits per heavy atom.